The molecule has 0 unspecified atom stereocenters. The summed E-state index contributed by atoms with van der Waals surface area (Å²) in [7, 11) is 0. The number of hydrogen-bond donors (Lipinski definition) is 0. The van der Waals surface area contributed by atoms with Gasteiger partial charge in [0.05, 0.1) is 42.2 Å². The quantitative estimate of drug-likeness (QED) is 0.290. The molecule has 0 saturated carbocycles. The third kappa shape index (κ3) is 4.70. The van der Waals surface area contributed by atoms with Gasteiger partial charge in [-0.15, -0.1) is 0 Å². The van der Waals surface area contributed by atoms with E-state index in [1.165, 1.54) is 0 Å². The molecule has 2 atom stereocenters. The number of fused-ring (bicyclic) bond motifs is 1. The van der Waals surface area contributed by atoms with E-state index in [1.54, 1.807) is 23.1 Å². The van der Waals surface area contributed by atoms with Crippen molar-refractivity contribution in [2.75, 3.05) is 31.2 Å². The van der Waals surface area contributed by atoms with Crippen molar-refractivity contribution < 1.29 is 9.47 Å². The Morgan fingerprint density at radius 2 is 2.18 bits per heavy atom. The minimum absolute atomic E-state index is 0.169. The van der Waals surface area contributed by atoms with Crippen LogP contribution in [0.25, 0.3) is 27.1 Å². The molecule has 10 nitrogen and oxygen atoms in total. The van der Waals surface area contributed by atoms with Gasteiger partial charge in [-0.1, -0.05) is 19.0 Å². The number of rotatable bonds is 8. The largest absolute Gasteiger partial charge is 0.492 e. The fourth-order valence-corrected chi connectivity index (χ4v) is 3.98. The minimum Gasteiger partial charge on any atom is -0.492 e. The molecule has 0 N–H and O–H groups in total. The van der Waals surface area contributed by atoms with Crippen molar-refractivity contribution in [1.29, 1.82) is 5.26 Å². The molecule has 1 saturated heterocycles. The van der Waals surface area contributed by atoms with Gasteiger partial charge < -0.3 is 14.4 Å². The standard InChI is InChI=1S/C23H26N8O2/c1-4-32-18-7-19(23-17(8-24)10-27-31(23)11-18)16-5-6-22(26-9-16)30-12-20(28-29-25)21(13-30)33-14-15(2)3/h5-7,9-11,15,20-21H,4,12-14H2,1-3H3/t20-,21-/m1/s1. The summed E-state index contributed by atoms with van der Waals surface area (Å²) >= 11 is 0. The second-order valence-electron chi connectivity index (χ2n) is 8.33. The molecule has 0 aromatic carbocycles. The molecule has 3 aromatic heterocycles. The zero-order valence-electron chi connectivity index (χ0n) is 18.9. The van der Waals surface area contributed by atoms with Gasteiger partial charge in [-0.05, 0) is 36.6 Å². The fourth-order valence-electron chi connectivity index (χ4n) is 3.98. The van der Waals surface area contributed by atoms with E-state index in [1.807, 2.05) is 25.1 Å². The molecule has 4 rings (SSSR count). The lowest BCUT2D eigenvalue weighted by atomic mass is 10.1. The van der Waals surface area contributed by atoms with Gasteiger partial charge in [0.25, 0.3) is 0 Å². The van der Waals surface area contributed by atoms with Gasteiger partial charge >= 0.3 is 0 Å². The summed E-state index contributed by atoms with van der Waals surface area (Å²) in [5.74, 6) is 1.84. The van der Waals surface area contributed by atoms with Crippen LogP contribution in [0.15, 0.2) is 41.9 Å². The van der Waals surface area contributed by atoms with Gasteiger partial charge in [-0.3, -0.25) is 0 Å². The maximum atomic E-state index is 9.52. The van der Waals surface area contributed by atoms with Crippen molar-refractivity contribution in [3.05, 3.63) is 52.8 Å². The Morgan fingerprint density at radius 3 is 2.85 bits per heavy atom. The first-order valence-electron chi connectivity index (χ1n) is 11.0. The molecule has 1 aliphatic heterocycles. The molecule has 0 aliphatic carbocycles. The van der Waals surface area contributed by atoms with Crippen LogP contribution in [0.3, 0.4) is 0 Å². The van der Waals surface area contributed by atoms with Gasteiger partial charge in [-0.2, -0.15) is 10.4 Å². The van der Waals surface area contributed by atoms with E-state index in [4.69, 9.17) is 15.0 Å². The topological polar surface area (TPSA) is 124 Å². The molecular weight excluding hydrogens is 420 g/mol. The summed E-state index contributed by atoms with van der Waals surface area (Å²) in [6.45, 7) is 8.38. The number of anilines is 1. The number of nitrogens with zero attached hydrogens (tertiary/aromatic N) is 8. The van der Waals surface area contributed by atoms with Gasteiger partial charge in [0.1, 0.15) is 17.6 Å². The van der Waals surface area contributed by atoms with Crippen LogP contribution in [0, 0.1) is 17.2 Å². The van der Waals surface area contributed by atoms with E-state index >= 15 is 0 Å². The Balaban J connectivity index is 1.62. The van der Waals surface area contributed by atoms with Crippen molar-refractivity contribution in [1.82, 2.24) is 14.6 Å². The van der Waals surface area contributed by atoms with Crippen molar-refractivity contribution in [2.24, 2.45) is 11.0 Å². The lowest BCUT2D eigenvalue weighted by molar-refractivity contribution is 0.0407. The van der Waals surface area contributed by atoms with E-state index in [-0.39, 0.29) is 12.1 Å². The third-order valence-electron chi connectivity index (χ3n) is 5.48. The molecule has 1 fully saturated rings. The Morgan fingerprint density at radius 1 is 1.33 bits per heavy atom. The van der Waals surface area contributed by atoms with Crippen molar-refractivity contribution in [2.45, 2.75) is 32.9 Å². The van der Waals surface area contributed by atoms with Crippen LogP contribution in [0.2, 0.25) is 0 Å². The van der Waals surface area contributed by atoms with Crippen LogP contribution in [-0.2, 0) is 4.74 Å². The number of aromatic nitrogens is 3. The van der Waals surface area contributed by atoms with Crippen LogP contribution in [0.1, 0.15) is 26.3 Å². The summed E-state index contributed by atoms with van der Waals surface area (Å²) in [4.78, 5) is 9.73. The molecule has 10 heteroatoms. The average molecular weight is 447 g/mol. The highest BCUT2D eigenvalue weighted by atomic mass is 16.5. The van der Waals surface area contributed by atoms with Crippen LogP contribution >= 0.6 is 0 Å². The highest BCUT2D eigenvalue weighted by Crippen LogP contribution is 2.32. The van der Waals surface area contributed by atoms with Crippen LogP contribution < -0.4 is 9.64 Å². The van der Waals surface area contributed by atoms with Crippen LogP contribution in [0.5, 0.6) is 5.75 Å². The first-order valence-corrected chi connectivity index (χ1v) is 11.0. The van der Waals surface area contributed by atoms with E-state index in [2.05, 4.69) is 44.9 Å². The Bertz CT molecular complexity index is 1210. The zero-order chi connectivity index (χ0) is 23.4. The van der Waals surface area contributed by atoms with E-state index in [0.29, 0.717) is 49.1 Å². The van der Waals surface area contributed by atoms with Gasteiger partial charge in [0.15, 0.2) is 0 Å². The van der Waals surface area contributed by atoms with Crippen molar-refractivity contribution in [3.63, 3.8) is 0 Å². The van der Waals surface area contributed by atoms with Crippen LogP contribution in [-0.4, -0.2) is 53.0 Å². The molecular formula is C23H26N8O2. The molecule has 0 amide bonds. The fraction of sp³-hybridized carbons (Fsp3) is 0.435. The lowest BCUT2D eigenvalue weighted by Crippen LogP contribution is -2.27. The molecule has 0 radical (unpaired) electrons. The Labute approximate surface area is 192 Å². The summed E-state index contributed by atoms with van der Waals surface area (Å²) < 4.78 is 13.3. The highest BCUT2D eigenvalue weighted by molar-refractivity contribution is 5.85. The van der Waals surface area contributed by atoms with Gasteiger partial charge in [-0.25, -0.2) is 9.50 Å². The first-order chi connectivity index (χ1) is 16.0. The molecule has 170 valence electrons. The SMILES string of the molecule is CCOc1cc(-c2ccc(N3C[C@@H](N=[N+]=[N-])[C@H](OCC(C)C)C3)nc2)c2c(C#N)cnn2c1. The normalized spacial score (nSPS) is 17.8. The number of pyridine rings is 2. The maximum Gasteiger partial charge on any atom is 0.138 e. The first kappa shape index (κ1) is 22.4. The summed E-state index contributed by atoms with van der Waals surface area (Å²) in [5.41, 5.74) is 11.8. The van der Waals surface area contributed by atoms with E-state index < -0.39 is 0 Å². The molecule has 33 heavy (non-hydrogen) atoms. The Hall–Kier alpha value is -3.80. The predicted molar refractivity (Wildman–Crippen MR) is 124 cm³/mol. The summed E-state index contributed by atoms with van der Waals surface area (Å²) in [6.07, 6.45) is 4.92. The molecule has 3 aromatic rings. The third-order valence-corrected chi connectivity index (χ3v) is 5.48. The second-order valence-corrected chi connectivity index (χ2v) is 8.33. The molecule has 4 heterocycles. The average Bonchev–Trinajstić information content (AvgIpc) is 3.41. The van der Waals surface area contributed by atoms with Crippen molar-refractivity contribution >= 4 is 11.3 Å². The molecule has 1 aliphatic rings. The lowest BCUT2D eigenvalue weighted by Gasteiger charge is -2.18. The van der Waals surface area contributed by atoms with Gasteiger partial charge in [0, 0.05) is 41.9 Å². The smallest absolute Gasteiger partial charge is 0.138 e. The molecule has 0 spiro atoms. The number of hydrogen-bond acceptors (Lipinski definition) is 7. The van der Waals surface area contributed by atoms with Crippen LogP contribution in [0.4, 0.5) is 5.82 Å². The van der Waals surface area contributed by atoms with Crippen molar-refractivity contribution in [3.8, 4) is 22.9 Å². The highest BCUT2D eigenvalue weighted by Gasteiger charge is 2.33. The zero-order valence-corrected chi connectivity index (χ0v) is 18.9. The number of ether oxygens (including phenoxy) is 2. The summed E-state index contributed by atoms with van der Waals surface area (Å²) in [6, 6.07) is 7.74. The molecule has 0 bridgehead atoms. The number of azide groups is 1. The minimum atomic E-state index is -0.261. The number of nitriles is 1. The Kier molecular flexibility index (Phi) is 6.63. The van der Waals surface area contributed by atoms with E-state index in [0.717, 1.165) is 16.9 Å². The predicted octanol–water partition coefficient (Wildman–Crippen LogP) is 4.21. The summed E-state index contributed by atoms with van der Waals surface area (Å²) in [5, 5.41) is 17.7. The maximum absolute atomic E-state index is 9.52. The monoisotopic (exact) mass is 446 g/mol. The second kappa shape index (κ2) is 9.77. The van der Waals surface area contributed by atoms with Gasteiger partial charge in [0.2, 0.25) is 0 Å². The van der Waals surface area contributed by atoms with E-state index in [9.17, 15) is 5.26 Å².